The fourth-order valence-corrected chi connectivity index (χ4v) is 1.51. The van der Waals surface area contributed by atoms with Gasteiger partial charge in [-0.2, -0.15) is 5.10 Å². The Labute approximate surface area is 95.1 Å². The third kappa shape index (κ3) is 1.97. The molecule has 4 heteroatoms. The quantitative estimate of drug-likeness (QED) is 0.851. The molecule has 1 aromatic heterocycles. The molecule has 0 bridgehead atoms. The van der Waals surface area contributed by atoms with E-state index in [1.807, 2.05) is 35.0 Å². The molecule has 0 aliphatic rings. The van der Waals surface area contributed by atoms with Crippen molar-refractivity contribution >= 4 is 0 Å². The highest BCUT2D eigenvalue weighted by Gasteiger charge is 2.12. The van der Waals surface area contributed by atoms with Crippen molar-refractivity contribution in [3.63, 3.8) is 0 Å². The van der Waals surface area contributed by atoms with Crippen LogP contribution < -0.4 is 5.73 Å². The standard InChI is InChI=1S/C12H16N4/c1-9(2)12-14-11(8-13)16(15-12)10-6-4-3-5-7-10/h3-7,9H,8,13H2,1-2H3. The van der Waals surface area contributed by atoms with Gasteiger partial charge < -0.3 is 5.73 Å². The van der Waals surface area contributed by atoms with Gasteiger partial charge in [0.1, 0.15) is 5.82 Å². The summed E-state index contributed by atoms with van der Waals surface area (Å²) in [7, 11) is 0. The van der Waals surface area contributed by atoms with E-state index in [4.69, 9.17) is 5.73 Å². The molecule has 16 heavy (non-hydrogen) atoms. The SMILES string of the molecule is CC(C)c1nc(CN)n(-c2ccccc2)n1. The maximum absolute atomic E-state index is 5.68. The van der Waals surface area contributed by atoms with Crippen molar-refractivity contribution in [2.45, 2.75) is 26.3 Å². The first-order chi connectivity index (χ1) is 7.72. The number of aromatic nitrogens is 3. The van der Waals surface area contributed by atoms with Crippen LogP contribution in [0.3, 0.4) is 0 Å². The summed E-state index contributed by atoms with van der Waals surface area (Å²) < 4.78 is 1.81. The highest BCUT2D eigenvalue weighted by molar-refractivity contribution is 5.31. The third-order valence-corrected chi connectivity index (χ3v) is 2.39. The van der Waals surface area contributed by atoms with E-state index in [0.717, 1.165) is 17.3 Å². The summed E-state index contributed by atoms with van der Waals surface area (Å²) >= 11 is 0. The minimum Gasteiger partial charge on any atom is -0.324 e. The fourth-order valence-electron chi connectivity index (χ4n) is 1.51. The van der Waals surface area contributed by atoms with Gasteiger partial charge in [-0.05, 0) is 12.1 Å². The molecule has 0 spiro atoms. The number of benzene rings is 1. The number of para-hydroxylation sites is 1. The van der Waals surface area contributed by atoms with E-state index in [1.165, 1.54) is 0 Å². The van der Waals surface area contributed by atoms with Crippen molar-refractivity contribution in [2.75, 3.05) is 0 Å². The van der Waals surface area contributed by atoms with Gasteiger partial charge in [0, 0.05) is 5.92 Å². The van der Waals surface area contributed by atoms with Crippen molar-refractivity contribution in [1.29, 1.82) is 0 Å². The van der Waals surface area contributed by atoms with Crippen LogP contribution >= 0.6 is 0 Å². The van der Waals surface area contributed by atoms with Crippen LogP contribution in [0.5, 0.6) is 0 Å². The molecule has 0 radical (unpaired) electrons. The number of hydrogen-bond donors (Lipinski definition) is 1. The predicted octanol–water partition coefficient (Wildman–Crippen LogP) is 1.85. The number of hydrogen-bond acceptors (Lipinski definition) is 3. The Hall–Kier alpha value is -1.68. The van der Waals surface area contributed by atoms with Crippen molar-refractivity contribution in [3.05, 3.63) is 42.0 Å². The first-order valence-corrected chi connectivity index (χ1v) is 5.43. The Bertz CT molecular complexity index is 459. The molecule has 0 amide bonds. The van der Waals surface area contributed by atoms with E-state index in [9.17, 15) is 0 Å². The molecule has 0 fully saturated rings. The molecule has 84 valence electrons. The Morgan fingerprint density at radius 2 is 1.94 bits per heavy atom. The topological polar surface area (TPSA) is 56.7 Å². The Balaban J connectivity index is 2.48. The molecule has 0 unspecified atom stereocenters. The smallest absolute Gasteiger partial charge is 0.153 e. The van der Waals surface area contributed by atoms with Gasteiger partial charge in [0.15, 0.2) is 5.82 Å². The molecule has 0 aliphatic heterocycles. The minimum absolute atomic E-state index is 0.315. The van der Waals surface area contributed by atoms with Crippen LogP contribution in [0.2, 0.25) is 0 Å². The molecule has 1 aromatic carbocycles. The summed E-state index contributed by atoms with van der Waals surface area (Å²) in [6, 6.07) is 9.93. The molecule has 0 atom stereocenters. The summed E-state index contributed by atoms with van der Waals surface area (Å²) in [4.78, 5) is 4.43. The molecule has 0 saturated carbocycles. The largest absolute Gasteiger partial charge is 0.324 e. The average Bonchev–Trinajstić information content (AvgIpc) is 2.74. The molecule has 0 aliphatic carbocycles. The van der Waals surface area contributed by atoms with E-state index < -0.39 is 0 Å². The zero-order valence-electron chi connectivity index (χ0n) is 9.59. The highest BCUT2D eigenvalue weighted by Crippen LogP contribution is 2.14. The van der Waals surface area contributed by atoms with E-state index in [1.54, 1.807) is 0 Å². The van der Waals surface area contributed by atoms with E-state index in [-0.39, 0.29) is 0 Å². The maximum Gasteiger partial charge on any atom is 0.153 e. The van der Waals surface area contributed by atoms with Gasteiger partial charge in [0.25, 0.3) is 0 Å². The van der Waals surface area contributed by atoms with Crippen molar-refractivity contribution in [1.82, 2.24) is 14.8 Å². The molecule has 2 N–H and O–H groups in total. The molecular formula is C12H16N4. The first-order valence-electron chi connectivity index (χ1n) is 5.43. The lowest BCUT2D eigenvalue weighted by Gasteiger charge is -2.02. The second-order valence-electron chi connectivity index (χ2n) is 3.99. The monoisotopic (exact) mass is 216 g/mol. The number of nitrogens with two attached hydrogens (primary N) is 1. The van der Waals surface area contributed by atoms with Gasteiger partial charge in [0.2, 0.25) is 0 Å². The average molecular weight is 216 g/mol. The lowest BCUT2D eigenvalue weighted by atomic mass is 10.2. The van der Waals surface area contributed by atoms with Crippen molar-refractivity contribution < 1.29 is 0 Å². The Morgan fingerprint density at radius 1 is 1.25 bits per heavy atom. The number of nitrogens with zero attached hydrogens (tertiary/aromatic N) is 3. The Kier molecular flexibility index (Phi) is 3.01. The van der Waals surface area contributed by atoms with Crippen molar-refractivity contribution in [3.8, 4) is 5.69 Å². The molecule has 2 aromatic rings. The van der Waals surface area contributed by atoms with Gasteiger partial charge in [-0.25, -0.2) is 9.67 Å². The highest BCUT2D eigenvalue weighted by atomic mass is 15.4. The van der Waals surface area contributed by atoms with Gasteiger partial charge in [-0.3, -0.25) is 0 Å². The maximum atomic E-state index is 5.68. The summed E-state index contributed by atoms with van der Waals surface area (Å²) in [6.07, 6.45) is 0. The van der Waals surface area contributed by atoms with Crippen LogP contribution in [0.1, 0.15) is 31.4 Å². The normalized spacial score (nSPS) is 11.0. The third-order valence-electron chi connectivity index (χ3n) is 2.39. The van der Waals surface area contributed by atoms with Crippen LogP contribution in [0.15, 0.2) is 30.3 Å². The van der Waals surface area contributed by atoms with Gasteiger partial charge in [-0.15, -0.1) is 0 Å². The van der Waals surface area contributed by atoms with E-state index in [2.05, 4.69) is 23.9 Å². The number of rotatable bonds is 3. The lowest BCUT2D eigenvalue weighted by Crippen LogP contribution is -2.07. The fraction of sp³-hybridized carbons (Fsp3) is 0.333. The zero-order chi connectivity index (χ0) is 11.5. The van der Waals surface area contributed by atoms with Crippen LogP contribution in [-0.2, 0) is 6.54 Å². The van der Waals surface area contributed by atoms with Crippen LogP contribution in [0.4, 0.5) is 0 Å². The minimum atomic E-state index is 0.315. The summed E-state index contributed by atoms with van der Waals surface area (Å²) in [5.41, 5.74) is 6.68. The van der Waals surface area contributed by atoms with E-state index >= 15 is 0 Å². The van der Waals surface area contributed by atoms with Gasteiger partial charge in [0.05, 0.1) is 12.2 Å². The van der Waals surface area contributed by atoms with Gasteiger partial charge >= 0.3 is 0 Å². The van der Waals surface area contributed by atoms with Crippen LogP contribution in [0.25, 0.3) is 5.69 Å². The van der Waals surface area contributed by atoms with Crippen LogP contribution in [-0.4, -0.2) is 14.8 Å². The zero-order valence-corrected chi connectivity index (χ0v) is 9.59. The summed E-state index contributed by atoms with van der Waals surface area (Å²) in [5, 5.41) is 4.48. The molecule has 4 nitrogen and oxygen atoms in total. The summed E-state index contributed by atoms with van der Waals surface area (Å²) in [5.74, 6) is 1.95. The molecule has 2 rings (SSSR count). The molecule has 0 saturated heterocycles. The van der Waals surface area contributed by atoms with Crippen LogP contribution in [0, 0.1) is 0 Å². The molecule has 1 heterocycles. The van der Waals surface area contributed by atoms with Gasteiger partial charge in [-0.1, -0.05) is 32.0 Å². The second-order valence-corrected chi connectivity index (χ2v) is 3.99. The summed E-state index contributed by atoms with van der Waals surface area (Å²) in [6.45, 7) is 4.55. The molecular weight excluding hydrogens is 200 g/mol. The van der Waals surface area contributed by atoms with Crippen molar-refractivity contribution in [2.24, 2.45) is 5.73 Å². The Morgan fingerprint density at radius 3 is 2.50 bits per heavy atom. The second kappa shape index (κ2) is 4.45. The lowest BCUT2D eigenvalue weighted by molar-refractivity contribution is 0.746. The first kappa shape index (κ1) is 10.8. The van der Waals surface area contributed by atoms with E-state index in [0.29, 0.717) is 12.5 Å². The predicted molar refractivity (Wildman–Crippen MR) is 63.3 cm³/mol.